The van der Waals surface area contributed by atoms with E-state index in [4.69, 9.17) is 21.4 Å². The molecule has 1 atom stereocenters. The molecule has 73 heavy (non-hydrogen) atoms. The first kappa shape index (κ1) is 49.3. The maximum absolute atomic E-state index is 14.8. The van der Waals surface area contributed by atoms with Crippen molar-refractivity contribution in [3.63, 3.8) is 0 Å². The molecule has 2 amide bonds. The van der Waals surface area contributed by atoms with Gasteiger partial charge in [-0.25, -0.2) is 18.7 Å². The molecule has 3 aromatic heterocycles. The Balaban J connectivity index is 0.704. The van der Waals surface area contributed by atoms with Gasteiger partial charge in [0, 0.05) is 135 Å². The molecule has 1 N–H and O–H groups in total. The number of rotatable bonds is 11. The Morgan fingerprint density at radius 3 is 2.40 bits per heavy atom. The number of nitrogens with one attached hydrogen (secondary N) is 1. The van der Waals surface area contributed by atoms with Gasteiger partial charge in [0.05, 0.1) is 47.6 Å². The molecule has 1 spiro atoms. The van der Waals surface area contributed by atoms with Gasteiger partial charge in [-0.2, -0.15) is 15.5 Å². The second-order valence-corrected chi connectivity index (χ2v) is 23.3. The summed E-state index contributed by atoms with van der Waals surface area (Å²) in [6.07, 6.45) is 11.6. The molecule has 384 valence electrons. The molecule has 6 aliphatic rings. The Morgan fingerprint density at radius 1 is 0.973 bits per heavy atom. The number of halogens is 3. The fourth-order valence-electron chi connectivity index (χ4n) is 13.9. The van der Waals surface area contributed by atoms with E-state index in [1.54, 1.807) is 61.6 Å². The lowest BCUT2D eigenvalue weighted by molar-refractivity contribution is -0.213. The van der Waals surface area contributed by atoms with Crippen LogP contribution in [0, 0.1) is 27.6 Å². The fraction of sp³-hybridized carbons (Fsp3) is 0.545. The molecule has 0 radical (unpaired) electrons. The number of benzene rings is 2. The van der Waals surface area contributed by atoms with E-state index >= 15 is 0 Å². The summed E-state index contributed by atoms with van der Waals surface area (Å²) in [4.78, 5) is 44.7. The Labute approximate surface area is 430 Å². The van der Waals surface area contributed by atoms with Gasteiger partial charge in [0.1, 0.15) is 6.07 Å². The van der Waals surface area contributed by atoms with E-state index in [0.717, 1.165) is 99.3 Å². The van der Waals surface area contributed by atoms with Gasteiger partial charge in [-0.3, -0.25) is 19.0 Å². The number of carbonyl (C=O) groups is 2. The molecular weight excluding hydrogens is 950 g/mol. The first-order valence-electron chi connectivity index (χ1n) is 25.9. The van der Waals surface area contributed by atoms with Crippen LogP contribution in [0.1, 0.15) is 129 Å². The molecule has 15 nitrogen and oxygen atoms in total. The number of nitriles is 1. The number of aromatic nitrogens is 6. The Hall–Kier alpha value is -5.96. The molecule has 4 aliphatic heterocycles. The van der Waals surface area contributed by atoms with Gasteiger partial charge in [-0.1, -0.05) is 45.4 Å². The van der Waals surface area contributed by atoms with Crippen molar-refractivity contribution in [2.45, 2.75) is 130 Å². The van der Waals surface area contributed by atoms with Crippen molar-refractivity contribution in [2.24, 2.45) is 23.3 Å². The number of alkyl halides is 2. The van der Waals surface area contributed by atoms with Crippen molar-refractivity contribution in [3.8, 4) is 17.2 Å². The van der Waals surface area contributed by atoms with Crippen LogP contribution in [0.3, 0.4) is 0 Å². The summed E-state index contributed by atoms with van der Waals surface area (Å²) in [5.41, 5.74) is 6.45. The largest absolute Gasteiger partial charge is 0.372 e. The number of aryl methyl sites for hydroxylation is 2. The summed E-state index contributed by atoms with van der Waals surface area (Å²) in [5, 5.41) is 22.6. The number of hydrogen-bond acceptors (Lipinski definition) is 11. The van der Waals surface area contributed by atoms with Gasteiger partial charge in [-0.15, -0.1) is 0 Å². The highest BCUT2D eigenvalue weighted by Gasteiger charge is 2.63. The number of fused-ring (bicyclic) bond motifs is 2. The van der Waals surface area contributed by atoms with E-state index in [1.807, 2.05) is 17.0 Å². The number of hydrogen-bond donors (Lipinski definition) is 1. The van der Waals surface area contributed by atoms with Crippen LogP contribution >= 0.6 is 11.6 Å². The van der Waals surface area contributed by atoms with Crippen LogP contribution in [0.5, 0.6) is 0 Å². The molecule has 0 bridgehead atoms. The second kappa shape index (κ2) is 18.8. The van der Waals surface area contributed by atoms with E-state index in [2.05, 4.69) is 73.5 Å². The SMILES string of the molecule is CC(=O)N1CCc2c(c(N3CCCc4cc(-c5cnn(C)c5)c(C(F)F)cc43)nn2C2CCN(C3CCC4(C3)CN(c3ncc(C(=O)NC5C(C)(C)C(OCc6ccc(C#N)c(Cl)c6)C5(C)C)cn3)C4)CC2)C1. The molecule has 2 saturated carbocycles. The van der Waals surface area contributed by atoms with Gasteiger partial charge >= 0.3 is 0 Å². The zero-order chi connectivity index (χ0) is 51.1. The summed E-state index contributed by atoms with van der Waals surface area (Å²) in [5.74, 6) is 1.26. The van der Waals surface area contributed by atoms with Crippen LogP contribution in [0.2, 0.25) is 5.02 Å². The van der Waals surface area contributed by atoms with E-state index in [0.29, 0.717) is 71.9 Å². The predicted molar refractivity (Wildman–Crippen MR) is 274 cm³/mol. The summed E-state index contributed by atoms with van der Waals surface area (Å²) in [6, 6.07) is 11.6. The first-order chi connectivity index (χ1) is 34.9. The third kappa shape index (κ3) is 8.84. The van der Waals surface area contributed by atoms with Crippen molar-refractivity contribution in [3.05, 3.63) is 99.2 Å². The number of amides is 2. The molecular formula is C55H65ClF2N12O3. The first-order valence-corrected chi connectivity index (χ1v) is 26.3. The zero-order valence-corrected chi connectivity index (χ0v) is 43.4. The monoisotopic (exact) mass is 1010 g/mol. The van der Waals surface area contributed by atoms with Gasteiger partial charge in [0.25, 0.3) is 12.3 Å². The van der Waals surface area contributed by atoms with Gasteiger partial charge < -0.3 is 29.7 Å². The Bertz CT molecular complexity index is 2970. The number of anilines is 3. The number of carbonyl (C=O) groups excluding carboxylic acids is 2. The average Bonchev–Trinajstić information content (AvgIpc) is 4.12. The standard InChI is InChI=1S/C55H65ClF2N12O3/c1-33(71)67-19-14-45-43(29-67)48(69-16-7-8-35-21-41(38-27-62-65(6)28-38)42(47(57)58)22-46(35)69)64-70(45)39-12-17-66(18-13-39)40-11-15-55(23-40)31-68(32-55)52-60-25-37(26-61-52)49(72)63-50-53(2,3)51(54(50,4)5)73-30-34-9-10-36(24-59)44(56)20-34/h9-10,20-22,25-28,39-40,47,50-51H,7-8,11-19,23,29-32H2,1-6H3,(H,63,72). The molecule has 2 aliphatic carbocycles. The highest BCUT2D eigenvalue weighted by atomic mass is 35.5. The van der Waals surface area contributed by atoms with Crippen molar-refractivity contribution in [2.75, 3.05) is 49.1 Å². The highest BCUT2D eigenvalue weighted by molar-refractivity contribution is 6.31. The molecule has 4 fully saturated rings. The molecule has 1 unspecified atom stereocenters. The average molecular weight is 1020 g/mol. The molecule has 5 aromatic rings. The molecule has 18 heteroatoms. The maximum atomic E-state index is 14.8. The number of nitrogens with zero attached hydrogens (tertiary/aromatic N) is 11. The lowest BCUT2D eigenvalue weighted by Gasteiger charge is -2.63. The van der Waals surface area contributed by atoms with E-state index in [1.165, 1.54) is 5.69 Å². The third-order valence-electron chi connectivity index (χ3n) is 17.3. The quantitative estimate of drug-likeness (QED) is 0.135. The summed E-state index contributed by atoms with van der Waals surface area (Å²) < 4.78 is 39.9. The Kier molecular flexibility index (Phi) is 12.7. The lowest BCUT2D eigenvalue weighted by atomic mass is 9.49. The minimum atomic E-state index is -2.66. The van der Waals surface area contributed by atoms with Crippen molar-refractivity contribution < 1.29 is 23.1 Å². The number of ether oxygens (including phenoxy) is 1. The van der Waals surface area contributed by atoms with Crippen LogP contribution in [-0.2, 0) is 42.6 Å². The molecule has 2 aromatic carbocycles. The maximum Gasteiger partial charge on any atom is 0.264 e. The molecule has 11 rings (SSSR count). The Morgan fingerprint density at radius 2 is 1.73 bits per heavy atom. The smallest absolute Gasteiger partial charge is 0.264 e. The highest BCUT2D eigenvalue weighted by Crippen LogP contribution is 2.56. The number of piperidine rings is 1. The second-order valence-electron chi connectivity index (χ2n) is 22.9. The van der Waals surface area contributed by atoms with E-state index in [9.17, 15) is 23.6 Å². The third-order valence-corrected chi connectivity index (χ3v) is 17.7. The summed E-state index contributed by atoms with van der Waals surface area (Å²) in [6.45, 7) is 15.9. The van der Waals surface area contributed by atoms with Crippen molar-refractivity contribution in [1.82, 2.24) is 44.6 Å². The van der Waals surface area contributed by atoms with Gasteiger partial charge in [-0.05, 0) is 85.9 Å². The van der Waals surface area contributed by atoms with Crippen molar-refractivity contribution in [1.29, 1.82) is 5.26 Å². The minimum absolute atomic E-state index is 0.0119. The van der Waals surface area contributed by atoms with Crippen LogP contribution in [0.25, 0.3) is 11.1 Å². The molecule has 7 heterocycles. The fourth-order valence-corrected chi connectivity index (χ4v) is 14.2. The predicted octanol–water partition coefficient (Wildman–Crippen LogP) is 8.97. The summed E-state index contributed by atoms with van der Waals surface area (Å²) >= 11 is 6.26. The molecule has 2 saturated heterocycles. The van der Waals surface area contributed by atoms with Crippen LogP contribution in [0.4, 0.5) is 26.2 Å². The lowest BCUT2D eigenvalue weighted by Crippen LogP contribution is -2.73. The van der Waals surface area contributed by atoms with Crippen LogP contribution in [-0.4, -0.2) is 109 Å². The van der Waals surface area contributed by atoms with E-state index < -0.39 is 6.43 Å². The minimum Gasteiger partial charge on any atom is -0.372 e. The van der Waals surface area contributed by atoms with E-state index in [-0.39, 0.29) is 51.8 Å². The van der Waals surface area contributed by atoms with Gasteiger partial charge in [0.15, 0.2) is 5.82 Å². The van der Waals surface area contributed by atoms with Crippen LogP contribution in [0.15, 0.2) is 55.1 Å². The number of likely N-dealkylation sites (tertiary alicyclic amines) is 1. The van der Waals surface area contributed by atoms with Crippen LogP contribution < -0.4 is 15.1 Å². The van der Waals surface area contributed by atoms with Crippen molar-refractivity contribution >= 4 is 40.9 Å². The van der Waals surface area contributed by atoms with Gasteiger partial charge in [0.2, 0.25) is 11.9 Å². The summed E-state index contributed by atoms with van der Waals surface area (Å²) in [7, 11) is 1.79. The zero-order valence-electron chi connectivity index (χ0n) is 42.7. The normalized spacial score (nSPS) is 23.2. The topological polar surface area (TPSA) is 154 Å².